The second-order valence-electron chi connectivity index (χ2n) is 7.43. The van der Waals surface area contributed by atoms with Gasteiger partial charge in [0.2, 0.25) is 5.89 Å². The molecule has 1 heterocycles. The van der Waals surface area contributed by atoms with Crippen LogP contribution in [0.15, 0.2) is 76.0 Å². The highest BCUT2D eigenvalue weighted by molar-refractivity contribution is 7.92. The summed E-state index contributed by atoms with van der Waals surface area (Å²) in [5, 5.41) is 12.0. The van der Waals surface area contributed by atoms with Crippen LogP contribution in [0.25, 0.3) is 10.8 Å². The first-order valence-corrected chi connectivity index (χ1v) is 11.3. The van der Waals surface area contributed by atoms with Crippen molar-refractivity contribution in [3.8, 4) is 0 Å². The zero-order valence-corrected chi connectivity index (χ0v) is 17.9. The molecule has 0 spiro atoms. The van der Waals surface area contributed by atoms with Gasteiger partial charge >= 0.3 is 6.01 Å². The number of hydrogen-bond donors (Lipinski definition) is 1. The molecule has 0 atom stereocenters. The fraction of sp³-hybridized carbons (Fsp3) is 0.174. The smallest absolute Gasteiger partial charge is 0.322 e. The lowest BCUT2D eigenvalue weighted by Gasteiger charge is -2.08. The van der Waals surface area contributed by atoms with Gasteiger partial charge in [-0.25, -0.2) is 8.42 Å². The largest absolute Gasteiger partial charge is 0.407 e. The number of sulfone groups is 1. The molecule has 0 saturated heterocycles. The summed E-state index contributed by atoms with van der Waals surface area (Å²) < 4.78 is 30.0. The Morgan fingerprint density at radius 1 is 0.968 bits per heavy atom. The van der Waals surface area contributed by atoms with Crippen LogP contribution in [0, 0.1) is 0 Å². The minimum absolute atomic E-state index is 0.00663. The number of amides is 1. The van der Waals surface area contributed by atoms with E-state index in [1.54, 1.807) is 50.2 Å². The molecule has 3 aromatic carbocycles. The summed E-state index contributed by atoms with van der Waals surface area (Å²) in [5.41, 5.74) is 1.30. The van der Waals surface area contributed by atoms with E-state index in [1.165, 1.54) is 0 Å². The van der Waals surface area contributed by atoms with E-state index in [0.717, 1.165) is 16.3 Å². The van der Waals surface area contributed by atoms with Gasteiger partial charge in [-0.05, 0) is 54.4 Å². The average Bonchev–Trinajstić information content (AvgIpc) is 3.20. The van der Waals surface area contributed by atoms with Crippen LogP contribution in [0.4, 0.5) is 6.01 Å². The number of nitrogens with one attached hydrogen (secondary N) is 1. The predicted molar refractivity (Wildman–Crippen MR) is 118 cm³/mol. The van der Waals surface area contributed by atoms with E-state index in [1.807, 2.05) is 30.3 Å². The van der Waals surface area contributed by atoms with Gasteiger partial charge in [0.15, 0.2) is 9.84 Å². The standard InChI is InChI=1S/C23H21N3O4S/c1-15(2)31(28,29)20-11-7-16(8-12-20)13-21-25-26-23(30-21)24-22(27)19-10-9-17-5-3-4-6-18(17)14-19/h3-12,14-15H,13H2,1-2H3,(H,24,26,27). The van der Waals surface area contributed by atoms with Gasteiger partial charge in [-0.15, -0.1) is 5.10 Å². The van der Waals surface area contributed by atoms with E-state index >= 15 is 0 Å². The number of benzene rings is 3. The molecule has 4 aromatic rings. The maximum absolute atomic E-state index is 12.5. The van der Waals surface area contributed by atoms with Crippen LogP contribution in [0.3, 0.4) is 0 Å². The van der Waals surface area contributed by atoms with Crippen molar-refractivity contribution in [2.75, 3.05) is 5.32 Å². The van der Waals surface area contributed by atoms with Crippen LogP contribution in [0.1, 0.15) is 35.7 Å². The van der Waals surface area contributed by atoms with Gasteiger partial charge in [0.25, 0.3) is 5.91 Å². The van der Waals surface area contributed by atoms with Gasteiger partial charge in [-0.3, -0.25) is 10.1 Å². The normalized spacial score (nSPS) is 11.7. The first-order chi connectivity index (χ1) is 14.8. The fourth-order valence-electron chi connectivity index (χ4n) is 3.12. The van der Waals surface area contributed by atoms with Crippen molar-refractivity contribution in [3.63, 3.8) is 0 Å². The SMILES string of the molecule is CC(C)S(=O)(=O)c1ccc(Cc2nnc(NC(=O)c3ccc4ccccc4c3)o2)cc1. The Morgan fingerprint density at radius 2 is 1.68 bits per heavy atom. The lowest BCUT2D eigenvalue weighted by molar-refractivity contribution is 0.102. The van der Waals surface area contributed by atoms with Gasteiger partial charge in [0.05, 0.1) is 16.6 Å². The highest BCUT2D eigenvalue weighted by atomic mass is 32.2. The third-order valence-electron chi connectivity index (χ3n) is 4.93. The molecule has 0 aliphatic carbocycles. The summed E-state index contributed by atoms with van der Waals surface area (Å²) in [7, 11) is -3.31. The summed E-state index contributed by atoms with van der Waals surface area (Å²) in [5.74, 6) is -0.0301. The highest BCUT2D eigenvalue weighted by Crippen LogP contribution is 2.19. The lowest BCUT2D eigenvalue weighted by atomic mass is 10.1. The molecule has 4 rings (SSSR count). The maximum Gasteiger partial charge on any atom is 0.322 e. The molecule has 31 heavy (non-hydrogen) atoms. The first-order valence-electron chi connectivity index (χ1n) is 9.78. The van der Waals surface area contributed by atoms with E-state index in [-0.39, 0.29) is 16.8 Å². The summed E-state index contributed by atoms with van der Waals surface area (Å²) in [4.78, 5) is 12.8. The van der Waals surface area contributed by atoms with Gasteiger partial charge in [0, 0.05) is 5.56 Å². The van der Waals surface area contributed by atoms with Crippen molar-refractivity contribution >= 4 is 32.5 Å². The number of hydrogen-bond acceptors (Lipinski definition) is 6. The zero-order chi connectivity index (χ0) is 22.0. The quantitative estimate of drug-likeness (QED) is 0.486. The van der Waals surface area contributed by atoms with Crippen molar-refractivity contribution in [3.05, 3.63) is 83.7 Å². The van der Waals surface area contributed by atoms with E-state index in [9.17, 15) is 13.2 Å². The topological polar surface area (TPSA) is 102 Å². The number of rotatable bonds is 6. The lowest BCUT2D eigenvalue weighted by Crippen LogP contribution is -2.13. The molecule has 0 radical (unpaired) electrons. The van der Waals surface area contributed by atoms with E-state index in [4.69, 9.17) is 4.42 Å². The van der Waals surface area contributed by atoms with Crippen molar-refractivity contribution in [1.29, 1.82) is 0 Å². The number of carbonyl (C=O) groups is 1. The number of carbonyl (C=O) groups excluding carboxylic acids is 1. The molecular weight excluding hydrogens is 414 g/mol. The van der Waals surface area contributed by atoms with Crippen LogP contribution >= 0.6 is 0 Å². The third kappa shape index (κ3) is 4.49. The first kappa shape index (κ1) is 20.7. The molecule has 158 valence electrons. The van der Waals surface area contributed by atoms with Crippen LogP contribution < -0.4 is 5.32 Å². The van der Waals surface area contributed by atoms with Crippen molar-refractivity contribution in [1.82, 2.24) is 10.2 Å². The maximum atomic E-state index is 12.5. The molecule has 0 bridgehead atoms. The van der Waals surface area contributed by atoms with E-state index < -0.39 is 15.1 Å². The molecule has 0 unspecified atom stereocenters. The van der Waals surface area contributed by atoms with Crippen molar-refractivity contribution < 1.29 is 17.6 Å². The Labute approximate surface area is 180 Å². The predicted octanol–water partition coefficient (Wildman–Crippen LogP) is 4.25. The Hall–Kier alpha value is -3.52. The van der Waals surface area contributed by atoms with E-state index in [2.05, 4.69) is 15.5 Å². The number of nitrogens with zero attached hydrogens (tertiary/aromatic N) is 2. The molecular formula is C23H21N3O4S. The van der Waals surface area contributed by atoms with Crippen LogP contribution in [-0.4, -0.2) is 29.8 Å². The number of fused-ring (bicyclic) bond motifs is 1. The van der Waals surface area contributed by atoms with Crippen molar-refractivity contribution in [2.45, 2.75) is 30.4 Å². The van der Waals surface area contributed by atoms with Crippen LogP contribution in [-0.2, 0) is 16.3 Å². The molecule has 0 aliphatic heterocycles. The Balaban J connectivity index is 1.44. The van der Waals surface area contributed by atoms with Crippen molar-refractivity contribution in [2.24, 2.45) is 0 Å². The molecule has 1 aromatic heterocycles. The molecule has 0 fully saturated rings. The van der Waals surface area contributed by atoms with Crippen LogP contribution in [0.2, 0.25) is 0 Å². The van der Waals surface area contributed by atoms with Gasteiger partial charge < -0.3 is 4.42 Å². The van der Waals surface area contributed by atoms with E-state index in [0.29, 0.717) is 17.9 Å². The Morgan fingerprint density at radius 3 is 2.39 bits per heavy atom. The zero-order valence-electron chi connectivity index (χ0n) is 17.1. The summed E-state index contributed by atoms with van der Waals surface area (Å²) in [6.45, 7) is 3.30. The number of aromatic nitrogens is 2. The molecule has 8 heteroatoms. The summed E-state index contributed by atoms with van der Waals surface area (Å²) >= 11 is 0. The third-order valence-corrected chi connectivity index (χ3v) is 7.10. The molecule has 0 saturated carbocycles. The average molecular weight is 436 g/mol. The molecule has 1 amide bonds. The molecule has 7 nitrogen and oxygen atoms in total. The Kier molecular flexibility index (Phi) is 5.56. The summed E-state index contributed by atoms with van der Waals surface area (Å²) in [6, 6.07) is 19.8. The minimum Gasteiger partial charge on any atom is -0.407 e. The molecule has 1 N–H and O–H groups in total. The van der Waals surface area contributed by atoms with Gasteiger partial charge in [0.1, 0.15) is 0 Å². The second kappa shape index (κ2) is 8.31. The molecule has 0 aliphatic rings. The second-order valence-corrected chi connectivity index (χ2v) is 9.94. The van der Waals surface area contributed by atoms with Gasteiger partial charge in [-0.1, -0.05) is 47.6 Å². The number of anilines is 1. The minimum atomic E-state index is -3.31. The monoisotopic (exact) mass is 435 g/mol. The fourth-order valence-corrected chi connectivity index (χ4v) is 4.18. The summed E-state index contributed by atoms with van der Waals surface area (Å²) in [6.07, 6.45) is 0.320. The van der Waals surface area contributed by atoms with Crippen LogP contribution in [0.5, 0.6) is 0 Å². The highest BCUT2D eigenvalue weighted by Gasteiger charge is 2.19. The Bertz CT molecular complexity index is 1340. The van der Waals surface area contributed by atoms with Gasteiger partial charge in [-0.2, -0.15) is 0 Å².